The lowest BCUT2D eigenvalue weighted by atomic mass is 9.93. The minimum Gasteiger partial charge on any atom is -0.310 e. The molecule has 1 aromatic heterocycles. The number of hydrogen-bond donors (Lipinski definition) is 0. The van der Waals surface area contributed by atoms with E-state index in [1.165, 1.54) is 71.6 Å². The molecule has 0 unspecified atom stereocenters. The molecule has 0 spiro atoms. The summed E-state index contributed by atoms with van der Waals surface area (Å²) in [4.78, 5) is 2.42. The molecule has 0 saturated heterocycles. The number of fused-ring (bicyclic) bond motifs is 4. The third-order valence-electron chi connectivity index (χ3n) is 12.0. The summed E-state index contributed by atoms with van der Waals surface area (Å²) < 4.78 is 2.48. The van der Waals surface area contributed by atoms with Crippen molar-refractivity contribution in [2.75, 3.05) is 4.90 Å². The number of aryl methyl sites for hydroxylation is 1. The molecule has 61 heavy (non-hydrogen) atoms. The number of para-hydroxylation sites is 1. The number of nitrogens with zero attached hydrogens (tertiary/aromatic N) is 2. The van der Waals surface area contributed by atoms with Gasteiger partial charge in [-0.1, -0.05) is 188 Å². The van der Waals surface area contributed by atoms with Gasteiger partial charge in [0, 0.05) is 27.7 Å². The molecule has 2 heteroatoms. The van der Waals surface area contributed by atoms with Gasteiger partial charge in [-0.15, -0.1) is 0 Å². The van der Waals surface area contributed by atoms with Crippen molar-refractivity contribution in [3.8, 4) is 50.2 Å². The van der Waals surface area contributed by atoms with Crippen LogP contribution in [0.4, 0.5) is 17.1 Å². The van der Waals surface area contributed by atoms with E-state index in [2.05, 4.69) is 253 Å². The van der Waals surface area contributed by atoms with Crippen LogP contribution in [-0.2, 0) is 0 Å². The van der Waals surface area contributed by atoms with Crippen LogP contribution in [0.1, 0.15) is 5.56 Å². The Labute approximate surface area is 356 Å². The van der Waals surface area contributed by atoms with Crippen molar-refractivity contribution in [1.29, 1.82) is 0 Å². The zero-order chi connectivity index (χ0) is 40.7. The standard InChI is InChI=1S/C59H42N2/c1-41-15-12-22-47(39-41)54-40-48(52-25-13-21-46-20-8-9-23-51(46)52)33-38-56(54)61-55-26-11-10-24-53(55)59-57(27-14-28-58(59)61)60(49-34-29-44(30-35-49)42-16-4-2-5-17-42)50-36-31-45(32-37-50)43-18-6-3-7-19-43/h2-40H,1H3. The second-order valence-electron chi connectivity index (χ2n) is 15.8. The first-order chi connectivity index (χ1) is 30.2. The van der Waals surface area contributed by atoms with E-state index in [-0.39, 0.29) is 0 Å². The van der Waals surface area contributed by atoms with Crippen molar-refractivity contribution in [2.45, 2.75) is 6.92 Å². The quantitative estimate of drug-likeness (QED) is 0.149. The Morgan fingerprint density at radius 3 is 1.54 bits per heavy atom. The number of benzene rings is 10. The Kier molecular flexibility index (Phi) is 9.09. The molecular formula is C59H42N2. The molecule has 0 fully saturated rings. The van der Waals surface area contributed by atoms with Gasteiger partial charge in [-0.05, 0) is 111 Å². The third-order valence-corrected chi connectivity index (χ3v) is 12.0. The summed E-state index contributed by atoms with van der Waals surface area (Å²) in [6.45, 7) is 2.18. The van der Waals surface area contributed by atoms with Crippen molar-refractivity contribution in [3.05, 3.63) is 242 Å². The Balaban J connectivity index is 1.14. The minimum atomic E-state index is 1.09. The molecule has 2 nitrogen and oxygen atoms in total. The van der Waals surface area contributed by atoms with E-state index in [1.54, 1.807) is 0 Å². The predicted molar refractivity (Wildman–Crippen MR) is 259 cm³/mol. The van der Waals surface area contributed by atoms with Crippen LogP contribution in [-0.4, -0.2) is 4.57 Å². The number of aromatic nitrogens is 1. The maximum atomic E-state index is 2.48. The molecule has 0 aliphatic carbocycles. The van der Waals surface area contributed by atoms with Crippen molar-refractivity contribution < 1.29 is 0 Å². The maximum absolute atomic E-state index is 2.48. The lowest BCUT2D eigenvalue weighted by Gasteiger charge is -2.27. The lowest BCUT2D eigenvalue weighted by molar-refractivity contribution is 1.18. The molecule has 288 valence electrons. The van der Waals surface area contributed by atoms with Crippen LogP contribution in [0.3, 0.4) is 0 Å². The molecular weight excluding hydrogens is 737 g/mol. The molecule has 1 heterocycles. The average molecular weight is 779 g/mol. The molecule has 10 aromatic carbocycles. The van der Waals surface area contributed by atoms with Crippen LogP contribution in [0.25, 0.3) is 82.8 Å². The summed E-state index contributed by atoms with van der Waals surface area (Å²) in [6.07, 6.45) is 0. The van der Waals surface area contributed by atoms with Gasteiger partial charge in [-0.25, -0.2) is 0 Å². The number of rotatable bonds is 8. The molecule has 0 N–H and O–H groups in total. The van der Waals surface area contributed by atoms with Gasteiger partial charge in [0.05, 0.1) is 22.4 Å². The Bertz CT molecular complexity index is 3250. The van der Waals surface area contributed by atoms with E-state index in [9.17, 15) is 0 Å². The second-order valence-corrected chi connectivity index (χ2v) is 15.8. The second kappa shape index (κ2) is 15.3. The van der Waals surface area contributed by atoms with Gasteiger partial charge in [0.25, 0.3) is 0 Å². The molecule has 11 rings (SSSR count). The first-order valence-electron chi connectivity index (χ1n) is 21.0. The molecule has 11 aromatic rings. The first kappa shape index (κ1) is 36.2. The zero-order valence-electron chi connectivity index (χ0n) is 33.9. The highest BCUT2D eigenvalue weighted by Crippen LogP contribution is 2.46. The fourth-order valence-electron chi connectivity index (χ4n) is 9.16. The van der Waals surface area contributed by atoms with Crippen LogP contribution >= 0.6 is 0 Å². The molecule has 0 radical (unpaired) electrons. The predicted octanol–water partition coefficient (Wildman–Crippen LogP) is 16.4. The van der Waals surface area contributed by atoms with Crippen LogP contribution in [0, 0.1) is 6.92 Å². The molecule has 0 aliphatic heterocycles. The van der Waals surface area contributed by atoms with Crippen molar-refractivity contribution in [3.63, 3.8) is 0 Å². The highest BCUT2D eigenvalue weighted by Gasteiger charge is 2.23. The summed E-state index contributed by atoms with van der Waals surface area (Å²) in [5, 5.41) is 4.90. The number of hydrogen-bond acceptors (Lipinski definition) is 1. The monoisotopic (exact) mass is 778 g/mol. The van der Waals surface area contributed by atoms with Gasteiger partial charge in [0.1, 0.15) is 0 Å². The van der Waals surface area contributed by atoms with Crippen LogP contribution in [0.15, 0.2) is 237 Å². The molecule has 0 amide bonds. The van der Waals surface area contributed by atoms with Gasteiger partial charge in [-0.2, -0.15) is 0 Å². The van der Waals surface area contributed by atoms with E-state index in [1.807, 2.05) is 0 Å². The Hall–Kier alpha value is -7.94. The first-order valence-corrected chi connectivity index (χ1v) is 21.0. The normalized spacial score (nSPS) is 11.4. The largest absolute Gasteiger partial charge is 0.310 e. The lowest BCUT2D eigenvalue weighted by Crippen LogP contribution is -2.10. The topological polar surface area (TPSA) is 8.17 Å². The van der Waals surface area contributed by atoms with Gasteiger partial charge in [0.2, 0.25) is 0 Å². The Morgan fingerprint density at radius 2 is 0.852 bits per heavy atom. The van der Waals surface area contributed by atoms with E-state index in [0.717, 1.165) is 33.8 Å². The van der Waals surface area contributed by atoms with E-state index in [0.29, 0.717) is 0 Å². The van der Waals surface area contributed by atoms with Crippen molar-refractivity contribution in [2.24, 2.45) is 0 Å². The van der Waals surface area contributed by atoms with Crippen molar-refractivity contribution in [1.82, 2.24) is 4.57 Å². The van der Waals surface area contributed by atoms with E-state index >= 15 is 0 Å². The van der Waals surface area contributed by atoms with Crippen LogP contribution in [0.2, 0.25) is 0 Å². The molecule has 0 aliphatic rings. The van der Waals surface area contributed by atoms with Gasteiger partial charge < -0.3 is 9.47 Å². The maximum Gasteiger partial charge on any atom is 0.0562 e. The molecule has 0 atom stereocenters. The van der Waals surface area contributed by atoms with Crippen LogP contribution < -0.4 is 4.90 Å². The SMILES string of the molecule is Cc1cccc(-c2cc(-c3cccc4ccccc34)ccc2-n2c3ccccc3c3c(N(c4ccc(-c5ccccc5)cc4)c4ccc(-c5ccccc5)cc4)cccc32)c1. The third kappa shape index (κ3) is 6.56. The summed E-state index contributed by atoms with van der Waals surface area (Å²) in [6, 6.07) is 86.1. The summed E-state index contributed by atoms with van der Waals surface area (Å²) >= 11 is 0. The molecule has 0 bridgehead atoms. The van der Waals surface area contributed by atoms with E-state index < -0.39 is 0 Å². The van der Waals surface area contributed by atoms with Gasteiger partial charge in [-0.3, -0.25) is 0 Å². The minimum absolute atomic E-state index is 1.09. The fourth-order valence-corrected chi connectivity index (χ4v) is 9.16. The summed E-state index contributed by atoms with van der Waals surface area (Å²) in [5.74, 6) is 0. The fraction of sp³-hybridized carbons (Fsp3) is 0.0169. The van der Waals surface area contributed by atoms with E-state index in [4.69, 9.17) is 0 Å². The highest BCUT2D eigenvalue weighted by atomic mass is 15.1. The van der Waals surface area contributed by atoms with Crippen LogP contribution in [0.5, 0.6) is 0 Å². The number of anilines is 3. The van der Waals surface area contributed by atoms with Gasteiger partial charge in [0.15, 0.2) is 0 Å². The summed E-state index contributed by atoms with van der Waals surface area (Å²) in [5.41, 5.74) is 17.6. The van der Waals surface area contributed by atoms with Crippen molar-refractivity contribution >= 4 is 49.6 Å². The molecule has 0 saturated carbocycles. The van der Waals surface area contributed by atoms with Gasteiger partial charge >= 0.3 is 0 Å². The smallest absolute Gasteiger partial charge is 0.0562 e. The Morgan fingerprint density at radius 1 is 0.344 bits per heavy atom. The highest BCUT2D eigenvalue weighted by molar-refractivity contribution is 6.17. The summed E-state index contributed by atoms with van der Waals surface area (Å²) in [7, 11) is 0. The zero-order valence-corrected chi connectivity index (χ0v) is 33.9. The average Bonchev–Trinajstić information content (AvgIpc) is 3.67.